The van der Waals surface area contributed by atoms with Crippen molar-refractivity contribution in [1.82, 2.24) is 9.80 Å². The van der Waals surface area contributed by atoms with E-state index in [0.29, 0.717) is 6.04 Å². The van der Waals surface area contributed by atoms with Gasteiger partial charge in [-0.1, -0.05) is 33.6 Å². The number of rotatable bonds is 4. The predicted octanol–water partition coefficient (Wildman–Crippen LogP) is 2.41. The van der Waals surface area contributed by atoms with E-state index in [1.165, 1.54) is 38.8 Å². The molecule has 0 aromatic rings. The van der Waals surface area contributed by atoms with Gasteiger partial charge in [-0.15, -0.1) is 0 Å². The molecular weight excluding hydrogens is 246 g/mol. The van der Waals surface area contributed by atoms with Crippen LogP contribution in [-0.4, -0.2) is 55.1 Å². The van der Waals surface area contributed by atoms with Crippen LogP contribution in [0, 0.1) is 17.8 Å². The molecule has 1 aliphatic carbocycles. The van der Waals surface area contributed by atoms with E-state index in [1.54, 1.807) is 0 Å². The lowest BCUT2D eigenvalue weighted by Crippen LogP contribution is -2.56. The Bertz CT molecular complexity index is 315. The minimum Gasteiger partial charge on any atom is -0.329 e. The zero-order chi connectivity index (χ0) is 14.9. The Balaban J connectivity index is 2.11. The van der Waals surface area contributed by atoms with Crippen LogP contribution in [0.4, 0.5) is 0 Å². The Labute approximate surface area is 125 Å². The van der Waals surface area contributed by atoms with Crippen LogP contribution in [0.2, 0.25) is 0 Å². The third-order valence-electron chi connectivity index (χ3n) is 6.09. The van der Waals surface area contributed by atoms with Crippen LogP contribution in [0.3, 0.4) is 0 Å². The number of hydrogen-bond acceptors (Lipinski definition) is 3. The van der Waals surface area contributed by atoms with Gasteiger partial charge in [-0.05, 0) is 44.7 Å². The summed E-state index contributed by atoms with van der Waals surface area (Å²) in [5.41, 5.74) is 6.58. The zero-order valence-corrected chi connectivity index (χ0v) is 14.2. The first-order valence-corrected chi connectivity index (χ1v) is 8.51. The second-order valence-corrected chi connectivity index (χ2v) is 7.94. The highest BCUT2D eigenvalue weighted by atomic mass is 15.3. The van der Waals surface area contributed by atoms with Gasteiger partial charge in [0, 0.05) is 31.2 Å². The summed E-state index contributed by atoms with van der Waals surface area (Å²) in [5, 5.41) is 0. The van der Waals surface area contributed by atoms with Crippen molar-refractivity contribution in [2.75, 3.05) is 33.7 Å². The molecule has 0 aromatic carbocycles. The first kappa shape index (κ1) is 16.3. The number of likely N-dealkylation sites (N-methyl/N-ethyl adjacent to an activating group) is 1. The quantitative estimate of drug-likeness (QED) is 0.859. The molecule has 2 aliphatic rings. The highest BCUT2D eigenvalue weighted by Gasteiger charge is 2.45. The molecule has 3 nitrogen and oxygen atoms in total. The van der Waals surface area contributed by atoms with E-state index >= 15 is 0 Å². The van der Waals surface area contributed by atoms with Gasteiger partial charge >= 0.3 is 0 Å². The molecule has 4 unspecified atom stereocenters. The average Bonchev–Trinajstić information content (AvgIpc) is 2.81. The maximum absolute atomic E-state index is 6.29. The lowest BCUT2D eigenvalue weighted by atomic mass is 9.71. The van der Waals surface area contributed by atoms with E-state index < -0.39 is 0 Å². The van der Waals surface area contributed by atoms with Crippen molar-refractivity contribution < 1.29 is 0 Å². The fourth-order valence-electron chi connectivity index (χ4n) is 4.57. The molecule has 3 heteroatoms. The van der Waals surface area contributed by atoms with Gasteiger partial charge in [-0.3, -0.25) is 4.90 Å². The molecule has 20 heavy (non-hydrogen) atoms. The maximum Gasteiger partial charge on any atom is 0.0335 e. The molecule has 0 bridgehead atoms. The Morgan fingerprint density at radius 2 is 2.00 bits per heavy atom. The fraction of sp³-hybridized carbons (Fsp3) is 1.00. The van der Waals surface area contributed by atoms with Gasteiger partial charge in [0.15, 0.2) is 0 Å². The number of likely N-dealkylation sites (tertiary alicyclic amines) is 1. The summed E-state index contributed by atoms with van der Waals surface area (Å²) in [4.78, 5) is 5.15. The second kappa shape index (κ2) is 6.33. The topological polar surface area (TPSA) is 32.5 Å². The normalized spacial score (nSPS) is 39.9. The summed E-state index contributed by atoms with van der Waals surface area (Å²) in [6.07, 6.45) is 5.38. The Kier molecular flexibility index (Phi) is 5.14. The largest absolute Gasteiger partial charge is 0.329 e. The van der Waals surface area contributed by atoms with E-state index in [1.807, 2.05) is 0 Å². The summed E-state index contributed by atoms with van der Waals surface area (Å²) < 4.78 is 0. The highest BCUT2D eigenvalue weighted by molar-refractivity contribution is 5.02. The highest BCUT2D eigenvalue weighted by Crippen LogP contribution is 2.41. The standard InChI is InChI=1S/C17H35N3/c1-13(2)15-7-6-8-17(9-15,12-18)20-10-14(3)16(11-20)19(4)5/h13-16H,6-12,18H2,1-5H3. The molecule has 2 N–H and O–H groups in total. The van der Waals surface area contributed by atoms with Gasteiger partial charge in [0.05, 0.1) is 0 Å². The molecule has 1 saturated carbocycles. The minimum atomic E-state index is 0.284. The van der Waals surface area contributed by atoms with Gasteiger partial charge in [0.2, 0.25) is 0 Å². The van der Waals surface area contributed by atoms with Crippen LogP contribution in [0.25, 0.3) is 0 Å². The molecule has 0 aromatic heterocycles. The summed E-state index contributed by atoms with van der Waals surface area (Å²) >= 11 is 0. The van der Waals surface area contributed by atoms with Crippen molar-refractivity contribution in [3.8, 4) is 0 Å². The average molecular weight is 281 g/mol. The molecule has 118 valence electrons. The van der Waals surface area contributed by atoms with Gasteiger partial charge in [0.25, 0.3) is 0 Å². The number of nitrogens with two attached hydrogens (primary N) is 1. The molecule has 0 amide bonds. The van der Waals surface area contributed by atoms with E-state index in [-0.39, 0.29) is 5.54 Å². The molecule has 0 spiro atoms. The summed E-state index contributed by atoms with van der Waals surface area (Å²) in [6.45, 7) is 10.4. The van der Waals surface area contributed by atoms with Crippen molar-refractivity contribution in [2.24, 2.45) is 23.5 Å². The van der Waals surface area contributed by atoms with E-state index in [9.17, 15) is 0 Å². The predicted molar refractivity (Wildman–Crippen MR) is 86.8 cm³/mol. The summed E-state index contributed by atoms with van der Waals surface area (Å²) in [7, 11) is 4.44. The van der Waals surface area contributed by atoms with Crippen LogP contribution in [-0.2, 0) is 0 Å². The molecule has 1 heterocycles. The van der Waals surface area contributed by atoms with E-state index in [4.69, 9.17) is 5.73 Å². The van der Waals surface area contributed by atoms with Crippen LogP contribution < -0.4 is 5.73 Å². The molecule has 0 radical (unpaired) electrons. The van der Waals surface area contributed by atoms with Gasteiger partial charge in [0.1, 0.15) is 0 Å². The summed E-state index contributed by atoms with van der Waals surface area (Å²) in [6, 6.07) is 0.692. The molecule has 4 atom stereocenters. The van der Waals surface area contributed by atoms with Crippen molar-refractivity contribution in [2.45, 2.75) is 58.0 Å². The van der Waals surface area contributed by atoms with Crippen molar-refractivity contribution >= 4 is 0 Å². The molecule has 1 saturated heterocycles. The lowest BCUT2D eigenvalue weighted by molar-refractivity contribution is 0.0380. The Morgan fingerprint density at radius 3 is 2.50 bits per heavy atom. The third-order valence-corrected chi connectivity index (χ3v) is 6.09. The van der Waals surface area contributed by atoms with Gasteiger partial charge in [-0.25, -0.2) is 0 Å². The van der Waals surface area contributed by atoms with E-state index in [2.05, 4.69) is 44.7 Å². The van der Waals surface area contributed by atoms with Gasteiger partial charge in [-0.2, -0.15) is 0 Å². The molecule has 2 fully saturated rings. The number of hydrogen-bond donors (Lipinski definition) is 1. The first-order valence-electron chi connectivity index (χ1n) is 8.51. The van der Waals surface area contributed by atoms with Crippen LogP contribution in [0.5, 0.6) is 0 Å². The Morgan fingerprint density at radius 1 is 1.30 bits per heavy atom. The third kappa shape index (κ3) is 3.05. The van der Waals surface area contributed by atoms with E-state index in [0.717, 1.165) is 24.3 Å². The SMILES string of the molecule is CC(C)C1CCCC(CN)(N2CC(C)C(N(C)C)C2)C1. The molecule has 2 rings (SSSR count). The Hall–Kier alpha value is -0.120. The zero-order valence-electron chi connectivity index (χ0n) is 14.2. The van der Waals surface area contributed by atoms with Crippen LogP contribution in [0.1, 0.15) is 46.5 Å². The number of nitrogens with zero attached hydrogens (tertiary/aromatic N) is 2. The van der Waals surface area contributed by atoms with Crippen LogP contribution in [0.15, 0.2) is 0 Å². The maximum atomic E-state index is 6.29. The molecular formula is C17H35N3. The first-order chi connectivity index (χ1) is 9.39. The molecule has 1 aliphatic heterocycles. The monoisotopic (exact) mass is 281 g/mol. The van der Waals surface area contributed by atoms with Crippen molar-refractivity contribution in [3.63, 3.8) is 0 Å². The fourth-order valence-corrected chi connectivity index (χ4v) is 4.57. The summed E-state index contributed by atoms with van der Waals surface area (Å²) in [5.74, 6) is 2.42. The smallest absolute Gasteiger partial charge is 0.0335 e. The van der Waals surface area contributed by atoms with Gasteiger partial charge < -0.3 is 10.6 Å². The second-order valence-electron chi connectivity index (χ2n) is 7.94. The van der Waals surface area contributed by atoms with Crippen molar-refractivity contribution in [1.29, 1.82) is 0 Å². The lowest BCUT2D eigenvalue weighted by Gasteiger charge is -2.48. The van der Waals surface area contributed by atoms with Crippen molar-refractivity contribution in [3.05, 3.63) is 0 Å². The minimum absolute atomic E-state index is 0.284. The van der Waals surface area contributed by atoms with Crippen LogP contribution >= 0.6 is 0 Å².